The molecule has 0 radical (unpaired) electrons. The zero-order valence-corrected chi connectivity index (χ0v) is 16.3. The van der Waals surface area contributed by atoms with Gasteiger partial charge in [0, 0.05) is 30.4 Å². The molecule has 0 saturated carbocycles. The van der Waals surface area contributed by atoms with Crippen molar-refractivity contribution < 1.29 is 17.6 Å². The molecule has 0 aromatic heterocycles. The van der Waals surface area contributed by atoms with Crippen molar-refractivity contribution in [2.45, 2.75) is 24.3 Å². The van der Waals surface area contributed by atoms with E-state index < -0.39 is 15.8 Å². The number of halogens is 2. The fourth-order valence-electron chi connectivity index (χ4n) is 2.91. The molecule has 2 aromatic carbocycles. The number of nitrogens with zero attached hydrogens (tertiary/aromatic N) is 1. The summed E-state index contributed by atoms with van der Waals surface area (Å²) in [5.41, 5.74) is 6.88. The van der Waals surface area contributed by atoms with Crippen molar-refractivity contribution in [1.82, 2.24) is 4.90 Å². The van der Waals surface area contributed by atoms with Gasteiger partial charge in [-0.05, 0) is 55.3 Å². The van der Waals surface area contributed by atoms with Gasteiger partial charge in [0.15, 0.2) is 0 Å². The molecule has 1 aliphatic heterocycles. The van der Waals surface area contributed by atoms with Crippen LogP contribution >= 0.6 is 12.4 Å². The quantitative estimate of drug-likeness (QED) is 0.805. The third-order valence-electron chi connectivity index (χ3n) is 4.33. The Morgan fingerprint density at radius 3 is 2.48 bits per heavy atom. The van der Waals surface area contributed by atoms with Crippen LogP contribution in [0.2, 0.25) is 0 Å². The Labute approximate surface area is 164 Å². The van der Waals surface area contributed by atoms with Crippen molar-refractivity contribution in [3.05, 3.63) is 59.4 Å². The number of likely N-dealkylation sites (tertiary alicyclic amines) is 1. The van der Waals surface area contributed by atoms with Crippen molar-refractivity contribution in [3.8, 4) is 0 Å². The van der Waals surface area contributed by atoms with Gasteiger partial charge in [0.1, 0.15) is 5.82 Å². The molecule has 0 unspecified atom stereocenters. The van der Waals surface area contributed by atoms with Crippen molar-refractivity contribution in [3.63, 3.8) is 0 Å². The summed E-state index contributed by atoms with van der Waals surface area (Å²) in [6, 6.07) is 9.54. The van der Waals surface area contributed by atoms with Crippen LogP contribution in [0.15, 0.2) is 47.4 Å². The van der Waals surface area contributed by atoms with Gasteiger partial charge in [0.25, 0.3) is 15.9 Å². The molecule has 146 valence electrons. The molecule has 6 nitrogen and oxygen atoms in total. The Hall–Kier alpha value is -2.16. The lowest BCUT2D eigenvalue weighted by molar-refractivity contribution is 0.0790. The number of amides is 1. The standard InChI is InChI=1S/C18H20FN3O3S.ClH/c1-12-2-3-13(18(23)22-9-8-15(20)11-22)10-17(12)26(24,25)21-16-6-4-14(19)5-7-16;/h2-7,10,15,21H,8-9,11,20H2,1H3;1H/t15-;/m1./s1. The number of benzene rings is 2. The minimum absolute atomic E-state index is 0. The largest absolute Gasteiger partial charge is 0.337 e. The molecule has 0 aliphatic carbocycles. The van der Waals surface area contributed by atoms with Gasteiger partial charge >= 0.3 is 0 Å². The Morgan fingerprint density at radius 1 is 1.22 bits per heavy atom. The highest BCUT2D eigenvalue weighted by atomic mass is 35.5. The van der Waals surface area contributed by atoms with Gasteiger partial charge in [-0.1, -0.05) is 6.07 Å². The molecular weight excluding hydrogens is 393 g/mol. The third-order valence-corrected chi connectivity index (χ3v) is 5.86. The molecule has 1 amide bonds. The first-order valence-corrected chi connectivity index (χ1v) is 9.68. The summed E-state index contributed by atoms with van der Waals surface area (Å²) >= 11 is 0. The second-order valence-electron chi connectivity index (χ2n) is 6.39. The number of carbonyl (C=O) groups is 1. The number of aryl methyl sites for hydroxylation is 1. The second kappa shape index (κ2) is 8.24. The van der Waals surface area contributed by atoms with E-state index >= 15 is 0 Å². The van der Waals surface area contributed by atoms with Gasteiger partial charge in [0.2, 0.25) is 0 Å². The van der Waals surface area contributed by atoms with E-state index in [9.17, 15) is 17.6 Å². The number of hydrogen-bond donors (Lipinski definition) is 2. The number of nitrogens with one attached hydrogen (secondary N) is 1. The van der Waals surface area contributed by atoms with Crippen LogP contribution in [0.5, 0.6) is 0 Å². The molecule has 1 saturated heterocycles. The van der Waals surface area contributed by atoms with E-state index in [1.165, 1.54) is 30.3 Å². The maximum Gasteiger partial charge on any atom is 0.262 e. The second-order valence-corrected chi connectivity index (χ2v) is 8.04. The summed E-state index contributed by atoms with van der Waals surface area (Å²) < 4.78 is 40.8. The predicted octanol–water partition coefficient (Wildman–Crippen LogP) is 2.53. The number of anilines is 1. The predicted molar refractivity (Wildman–Crippen MR) is 104 cm³/mol. The van der Waals surface area contributed by atoms with E-state index in [2.05, 4.69) is 4.72 Å². The number of rotatable bonds is 4. The fraction of sp³-hybridized carbons (Fsp3) is 0.278. The molecule has 1 fully saturated rings. The van der Waals surface area contributed by atoms with E-state index in [0.29, 0.717) is 24.2 Å². The third kappa shape index (κ3) is 4.77. The average molecular weight is 414 g/mol. The zero-order chi connectivity index (χ0) is 18.9. The summed E-state index contributed by atoms with van der Waals surface area (Å²) in [6.07, 6.45) is 0.731. The Balaban J connectivity index is 0.00000261. The maximum atomic E-state index is 13.0. The summed E-state index contributed by atoms with van der Waals surface area (Å²) in [5, 5.41) is 0. The van der Waals surface area contributed by atoms with Crippen molar-refractivity contribution in [1.29, 1.82) is 0 Å². The van der Waals surface area contributed by atoms with Gasteiger partial charge in [-0.2, -0.15) is 0 Å². The van der Waals surface area contributed by atoms with Gasteiger partial charge in [-0.25, -0.2) is 12.8 Å². The molecule has 3 N–H and O–H groups in total. The number of sulfonamides is 1. The SMILES string of the molecule is Cc1ccc(C(=O)N2CC[C@@H](N)C2)cc1S(=O)(=O)Nc1ccc(F)cc1.Cl. The van der Waals surface area contributed by atoms with E-state index in [1.54, 1.807) is 24.0 Å². The van der Waals surface area contributed by atoms with E-state index in [1.807, 2.05) is 0 Å². The first-order valence-electron chi connectivity index (χ1n) is 8.20. The first kappa shape index (κ1) is 21.1. The van der Waals surface area contributed by atoms with Crippen LogP contribution in [0.4, 0.5) is 10.1 Å². The number of carbonyl (C=O) groups excluding carboxylic acids is 1. The molecule has 1 aliphatic rings. The van der Waals surface area contributed by atoms with Crippen LogP contribution in [0.1, 0.15) is 22.3 Å². The molecule has 1 heterocycles. The summed E-state index contributed by atoms with van der Waals surface area (Å²) in [7, 11) is -3.92. The molecule has 1 atom stereocenters. The van der Waals surface area contributed by atoms with Gasteiger partial charge in [0.05, 0.1) is 4.90 Å². The van der Waals surface area contributed by atoms with Crippen molar-refractivity contribution >= 4 is 34.0 Å². The van der Waals surface area contributed by atoms with Crippen LogP contribution < -0.4 is 10.5 Å². The normalized spacial score (nSPS) is 16.7. The Bertz CT molecular complexity index is 935. The summed E-state index contributed by atoms with van der Waals surface area (Å²) in [4.78, 5) is 14.2. The Kier molecular flexibility index (Phi) is 6.46. The molecule has 2 aromatic rings. The minimum Gasteiger partial charge on any atom is -0.337 e. The van der Waals surface area contributed by atoms with Gasteiger partial charge < -0.3 is 10.6 Å². The fourth-order valence-corrected chi connectivity index (χ4v) is 4.24. The van der Waals surface area contributed by atoms with Gasteiger partial charge in [-0.3, -0.25) is 9.52 Å². The van der Waals surface area contributed by atoms with E-state index in [4.69, 9.17) is 5.73 Å². The highest BCUT2D eigenvalue weighted by molar-refractivity contribution is 7.92. The maximum absolute atomic E-state index is 13.0. The van der Waals surface area contributed by atoms with Crippen LogP contribution in [-0.2, 0) is 10.0 Å². The highest BCUT2D eigenvalue weighted by Gasteiger charge is 2.26. The van der Waals surface area contributed by atoms with Crippen molar-refractivity contribution in [2.75, 3.05) is 17.8 Å². The Morgan fingerprint density at radius 2 is 1.89 bits per heavy atom. The topological polar surface area (TPSA) is 92.5 Å². The lowest BCUT2D eigenvalue weighted by atomic mass is 10.1. The highest BCUT2D eigenvalue weighted by Crippen LogP contribution is 2.22. The van der Waals surface area contributed by atoms with Crippen LogP contribution in [-0.4, -0.2) is 38.4 Å². The molecule has 27 heavy (non-hydrogen) atoms. The lowest BCUT2D eigenvalue weighted by Gasteiger charge is -2.17. The molecule has 0 spiro atoms. The monoisotopic (exact) mass is 413 g/mol. The zero-order valence-electron chi connectivity index (χ0n) is 14.7. The van der Waals surface area contributed by atoms with Crippen LogP contribution in [0.25, 0.3) is 0 Å². The van der Waals surface area contributed by atoms with Crippen LogP contribution in [0.3, 0.4) is 0 Å². The average Bonchev–Trinajstić information content (AvgIpc) is 3.03. The molecule has 9 heteroatoms. The molecular formula is C18H21ClFN3O3S. The number of hydrogen-bond acceptors (Lipinski definition) is 4. The summed E-state index contributed by atoms with van der Waals surface area (Å²) in [5.74, 6) is -0.697. The smallest absolute Gasteiger partial charge is 0.262 e. The molecule has 0 bridgehead atoms. The van der Waals surface area contributed by atoms with E-state index in [0.717, 1.165) is 6.42 Å². The number of nitrogens with two attached hydrogens (primary N) is 1. The summed E-state index contributed by atoms with van der Waals surface area (Å²) in [6.45, 7) is 2.67. The first-order chi connectivity index (χ1) is 12.3. The van der Waals surface area contributed by atoms with Crippen molar-refractivity contribution in [2.24, 2.45) is 5.73 Å². The lowest BCUT2D eigenvalue weighted by Crippen LogP contribution is -2.32. The van der Waals surface area contributed by atoms with E-state index in [-0.39, 0.29) is 34.9 Å². The van der Waals surface area contributed by atoms with Crippen LogP contribution in [0, 0.1) is 12.7 Å². The van der Waals surface area contributed by atoms with Gasteiger partial charge in [-0.15, -0.1) is 12.4 Å². The minimum atomic E-state index is -3.92. The molecule has 3 rings (SSSR count).